The van der Waals surface area contributed by atoms with E-state index in [-0.39, 0.29) is 5.56 Å². The van der Waals surface area contributed by atoms with Crippen molar-refractivity contribution in [2.24, 2.45) is 7.05 Å². The first-order chi connectivity index (χ1) is 17.7. The number of aryl methyl sites for hydroxylation is 2. The van der Waals surface area contributed by atoms with Gasteiger partial charge in [0.2, 0.25) is 0 Å². The zero-order valence-electron chi connectivity index (χ0n) is 24.9. The molecular formula is C31H33N2+. The molecule has 0 aliphatic heterocycles. The Morgan fingerprint density at radius 1 is 0.788 bits per heavy atom. The van der Waals surface area contributed by atoms with Crippen LogP contribution in [0.2, 0.25) is 0 Å². The van der Waals surface area contributed by atoms with Crippen molar-refractivity contribution in [3.8, 4) is 17.1 Å². The van der Waals surface area contributed by atoms with Gasteiger partial charge < -0.3 is 0 Å². The van der Waals surface area contributed by atoms with Crippen LogP contribution in [0.5, 0.6) is 0 Å². The fourth-order valence-electron chi connectivity index (χ4n) is 4.87. The lowest BCUT2D eigenvalue weighted by atomic mass is 9.92. The highest BCUT2D eigenvalue weighted by Crippen LogP contribution is 2.34. The summed E-state index contributed by atoms with van der Waals surface area (Å²) in [4.78, 5) is 0. The topological polar surface area (TPSA) is 8.81 Å². The summed E-state index contributed by atoms with van der Waals surface area (Å²) in [6.07, 6.45) is 0. The number of hydrogen-bond donors (Lipinski definition) is 0. The van der Waals surface area contributed by atoms with Crippen molar-refractivity contribution in [2.75, 3.05) is 0 Å². The van der Waals surface area contributed by atoms with Crippen LogP contribution in [0.3, 0.4) is 0 Å². The fraction of sp³-hybridized carbons (Fsp3) is 0.258. The van der Waals surface area contributed by atoms with Gasteiger partial charge in [-0.1, -0.05) is 81.8 Å². The smallest absolute Gasteiger partial charge is 0.225 e. The molecule has 0 saturated carbocycles. The molecule has 5 aromatic rings. The molecule has 0 spiro atoms. The molecule has 5 rings (SSSR count). The highest BCUT2D eigenvalue weighted by atomic mass is 15.2. The van der Waals surface area contributed by atoms with Crippen LogP contribution < -0.4 is 4.57 Å². The number of fused-ring (bicyclic) bond motifs is 3. The van der Waals surface area contributed by atoms with Gasteiger partial charge >= 0.3 is 0 Å². The van der Waals surface area contributed by atoms with Gasteiger partial charge in [0.05, 0.1) is 12.6 Å². The minimum atomic E-state index is -2.19. The van der Waals surface area contributed by atoms with Gasteiger partial charge in [-0.2, -0.15) is 4.57 Å². The summed E-state index contributed by atoms with van der Waals surface area (Å²) >= 11 is 0. The molecule has 0 atom stereocenters. The van der Waals surface area contributed by atoms with Gasteiger partial charge in [0.25, 0.3) is 5.82 Å². The fourth-order valence-corrected chi connectivity index (χ4v) is 4.87. The maximum atomic E-state index is 9.07. The number of aromatic nitrogens is 2. The van der Waals surface area contributed by atoms with Gasteiger partial charge in [-0.3, -0.25) is 0 Å². The van der Waals surface area contributed by atoms with Crippen LogP contribution in [-0.4, -0.2) is 4.57 Å². The molecule has 2 nitrogen and oxygen atoms in total. The van der Waals surface area contributed by atoms with Crippen molar-refractivity contribution in [1.29, 1.82) is 0 Å². The zero-order valence-corrected chi connectivity index (χ0v) is 19.9. The van der Waals surface area contributed by atoms with E-state index in [1.165, 1.54) is 0 Å². The SMILES string of the molecule is [2H]C([2H])([2H])c1ccc(-c2n(C)c3ccc4ccccc4c3[n+]2-c2c(C([2H])(C)C)cccc2C([2H])(C)C)cc1. The number of para-hydroxylation sites is 1. The lowest BCUT2D eigenvalue weighted by Crippen LogP contribution is -2.36. The monoisotopic (exact) mass is 438 g/mol. The highest BCUT2D eigenvalue weighted by molar-refractivity contribution is 6.03. The van der Waals surface area contributed by atoms with Gasteiger partial charge in [0.1, 0.15) is 5.69 Å². The third-order valence-electron chi connectivity index (χ3n) is 6.47. The van der Waals surface area contributed by atoms with Gasteiger partial charge in [-0.15, -0.1) is 0 Å². The van der Waals surface area contributed by atoms with Crippen LogP contribution >= 0.6 is 0 Å². The second kappa shape index (κ2) is 8.19. The van der Waals surface area contributed by atoms with E-state index in [1.54, 1.807) is 12.1 Å². The molecule has 166 valence electrons. The van der Waals surface area contributed by atoms with Crippen LogP contribution in [-0.2, 0) is 7.05 Å². The molecule has 2 heteroatoms. The normalized spacial score (nSPS) is 15.1. The molecule has 1 aromatic heterocycles. The van der Waals surface area contributed by atoms with Crippen LogP contribution in [0.1, 0.15) is 63.0 Å². The quantitative estimate of drug-likeness (QED) is 0.253. The van der Waals surface area contributed by atoms with Gasteiger partial charge in [0.15, 0.2) is 11.0 Å². The Hall–Kier alpha value is -3.39. The predicted molar refractivity (Wildman–Crippen MR) is 140 cm³/mol. The number of imidazole rings is 1. The lowest BCUT2D eigenvalue weighted by Gasteiger charge is -2.18. The van der Waals surface area contributed by atoms with E-state index in [1.807, 2.05) is 77.2 Å². The first kappa shape index (κ1) is 16.3. The molecule has 0 N–H and O–H groups in total. The van der Waals surface area contributed by atoms with Gasteiger partial charge in [-0.05, 0) is 54.4 Å². The molecular weight excluding hydrogens is 400 g/mol. The molecule has 0 saturated heterocycles. The minimum absolute atomic E-state index is 0.290. The zero-order chi connectivity index (χ0) is 27.6. The molecule has 0 fully saturated rings. The molecule has 0 aliphatic rings. The number of hydrogen-bond acceptors (Lipinski definition) is 0. The predicted octanol–water partition coefficient (Wildman–Crippen LogP) is 7.83. The van der Waals surface area contributed by atoms with E-state index in [4.69, 9.17) is 6.85 Å². The van der Waals surface area contributed by atoms with E-state index in [0.29, 0.717) is 0 Å². The summed E-state index contributed by atoms with van der Waals surface area (Å²) in [6, 6.07) is 25.4. The van der Waals surface area contributed by atoms with Crippen LogP contribution in [0.25, 0.3) is 38.9 Å². The average Bonchev–Trinajstić information content (AvgIpc) is 3.14. The second-order valence-corrected chi connectivity index (χ2v) is 9.15. The molecule has 0 bridgehead atoms. The Balaban J connectivity index is 2.02. The van der Waals surface area contributed by atoms with E-state index < -0.39 is 18.6 Å². The molecule has 0 aliphatic carbocycles. The van der Waals surface area contributed by atoms with Crippen molar-refractivity contribution in [3.63, 3.8) is 0 Å². The Labute approximate surface area is 204 Å². The Bertz CT molecular complexity index is 1630. The third-order valence-corrected chi connectivity index (χ3v) is 6.47. The average molecular weight is 439 g/mol. The number of rotatable bonds is 4. The molecule has 0 amide bonds. The summed E-state index contributed by atoms with van der Waals surface area (Å²) in [5.41, 5.74) is 5.60. The van der Waals surface area contributed by atoms with E-state index >= 15 is 0 Å². The lowest BCUT2D eigenvalue weighted by molar-refractivity contribution is -0.556. The maximum Gasteiger partial charge on any atom is 0.294 e. The minimum Gasteiger partial charge on any atom is -0.225 e. The van der Waals surface area contributed by atoms with Crippen molar-refractivity contribution < 1.29 is 11.4 Å². The van der Waals surface area contributed by atoms with Gasteiger partial charge in [-0.25, -0.2) is 4.57 Å². The summed E-state index contributed by atoms with van der Waals surface area (Å²) < 4.78 is 45.9. The van der Waals surface area contributed by atoms with E-state index in [0.717, 1.165) is 50.0 Å². The Morgan fingerprint density at radius 3 is 2.09 bits per heavy atom. The maximum absolute atomic E-state index is 9.07. The molecule has 33 heavy (non-hydrogen) atoms. The van der Waals surface area contributed by atoms with Crippen molar-refractivity contribution >= 4 is 21.8 Å². The van der Waals surface area contributed by atoms with Crippen molar-refractivity contribution in [3.05, 3.63) is 95.6 Å². The summed E-state index contributed by atoms with van der Waals surface area (Å²) in [7, 11) is 2.01. The number of nitrogens with zero attached hydrogens (tertiary/aromatic N) is 2. The van der Waals surface area contributed by atoms with Crippen molar-refractivity contribution in [1.82, 2.24) is 4.57 Å². The van der Waals surface area contributed by atoms with Crippen LogP contribution in [0, 0.1) is 6.85 Å². The standard InChI is InChI=1S/C31H33N2/c1-20(2)25-12-9-13-26(21(3)4)29(25)33-30-27-11-8-7-10-23(27)18-19-28(30)32(6)31(33)24-16-14-22(5)15-17-24/h7-21H,1-6H3/q+1/i5D3,20D,21D. The third kappa shape index (κ3) is 3.45. The summed E-state index contributed by atoms with van der Waals surface area (Å²) in [6.45, 7) is 5.32. The molecule has 0 radical (unpaired) electrons. The second-order valence-electron chi connectivity index (χ2n) is 9.15. The summed E-state index contributed by atoms with van der Waals surface area (Å²) in [5, 5.41) is 2.16. The Kier molecular flexibility index (Phi) is 4.03. The van der Waals surface area contributed by atoms with E-state index in [2.05, 4.69) is 33.4 Å². The van der Waals surface area contributed by atoms with Gasteiger partial charge in [0, 0.05) is 23.4 Å². The first-order valence-corrected chi connectivity index (χ1v) is 11.4. The molecule has 4 aromatic carbocycles. The largest absolute Gasteiger partial charge is 0.294 e. The number of benzene rings is 4. The Morgan fingerprint density at radius 2 is 1.45 bits per heavy atom. The summed E-state index contributed by atoms with van der Waals surface area (Å²) in [5.74, 6) is -1.01. The van der Waals surface area contributed by atoms with Crippen LogP contribution in [0.15, 0.2) is 78.9 Å². The van der Waals surface area contributed by atoms with E-state index in [9.17, 15) is 0 Å². The first-order valence-electron chi connectivity index (χ1n) is 13.9. The van der Waals surface area contributed by atoms with Crippen molar-refractivity contribution in [2.45, 2.75) is 46.3 Å². The molecule has 1 heterocycles. The van der Waals surface area contributed by atoms with Crippen LogP contribution in [0.4, 0.5) is 0 Å². The highest BCUT2D eigenvalue weighted by Gasteiger charge is 2.31. The molecule has 0 unspecified atom stereocenters.